The van der Waals surface area contributed by atoms with Crippen molar-refractivity contribution < 1.29 is 61.0 Å². The molecule has 110 heavy (non-hydrogen) atoms. The highest BCUT2D eigenvalue weighted by molar-refractivity contribution is 6.63. The summed E-state index contributed by atoms with van der Waals surface area (Å²) >= 11 is 0. The fourth-order valence-electron chi connectivity index (χ4n) is 15.7. The second-order valence-electron chi connectivity index (χ2n) is 34.4. The molecule has 10 nitrogen and oxygen atoms in total. The van der Waals surface area contributed by atoms with E-state index in [0.29, 0.717) is 12.4 Å². The van der Waals surface area contributed by atoms with E-state index in [1.54, 1.807) is 0 Å². The highest BCUT2D eigenvalue weighted by Crippen LogP contribution is 2.59. The lowest BCUT2D eigenvalue weighted by Gasteiger charge is -2.34. The van der Waals surface area contributed by atoms with Gasteiger partial charge in [-0.25, -0.2) is 0 Å². The molecule has 0 spiro atoms. The lowest BCUT2D eigenvalue weighted by atomic mass is 9.65. The molecule has 0 aromatic heterocycles. The van der Waals surface area contributed by atoms with Gasteiger partial charge in [0.15, 0.2) is 0 Å². The van der Waals surface area contributed by atoms with E-state index in [0.717, 1.165) is 67.4 Å². The Morgan fingerprint density at radius 3 is 0.882 bits per heavy atom. The fraction of sp³-hybridized carbons (Fsp3) is 0.396. The van der Waals surface area contributed by atoms with Gasteiger partial charge in [0.2, 0.25) is 0 Å². The molecule has 0 atom stereocenters. The molecular weight excluding hydrogens is 1360 g/mol. The predicted molar refractivity (Wildman–Crippen MR) is 470 cm³/mol. The number of aryl methyl sites for hydroxylation is 2. The van der Waals surface area contributed by atoms with E-state index in [4.69, 9.17) is 53.1 Å². The summed E-state index contributed by atoms with van der Waals surface area (Å²) in [6.07, 6.45) is 17.8. The van der Waals surface area contributed by atoms with Crippen molar-refractivity contribution in [2.24, 2.45) is 0 Å². The number of unbranched alkanes of at least 4 members (excludes halogenated alkanes) is 7. The average Bonchev–Trinajstić information content (AvgIpc) is 1.53. The zero-order chi connectivity index (χ0) is 78.5. The monoisotopic (exact) mass is 1480 g/mol. The van der Waals surface area contributed by atoms with Crippen LogP contribution in [0, 0.1) is 73.7 Å². The van der Waals surface area contributed by atoms with E-state index in [2.05, 4.69) is 343 Å². The Hall–Kier alpha value is -8.90. The van der Waals surface area contributed by atoms with Crippen LogP contribution in [0.3, 0.4) is 0 Å². The van der Waals surface area contributed by atoms with Gasteiger partial charge in [-0.2, -0.15) is 0 Å². The van der Waals surface area contributed by atoms with Crippen LogP contribution < -0.4 is 31.3 Å². The Morgan fingerprint density at radius 2 is 0.582 bits per heavy atom. The van der Waals surface area contributed by atoms with Crippen LogP contribution in [0.25, 0.3) is 22.3 Å². The molecule has 8 aromatic carbocycles. The summed E-state index contributed by atoms with van der Waals surface area (Å²) in [6, 6.07) is 61.6. The molecule has 0 saturated carbocycles. The second kappa shape index (κ2) is 30.6. The van der Waals surface area contributed by atoms with Crippen LogP contribution in [0.1, 0.15) is 239 Å². The van der Waals surface area contributed by atoms with Crippen LogP contribution in [-0.4, -0.2) is 79.9 Å². The van der Waals surface area contributed by atoms with E-state index in [-0.39, 0.29) is 14.3 Å². The van der Waals surface area contributed by atoms with E-state index in [1.165, 1.54) is 89.5 Å². The molecule has 4 heterocycles. The lowest BCUT2D eigenvalue weighted by molar-refractivity contribution is 0.00578. The van der Waals surface area contributed by atoms with Crippen LogP contribution in [0.4, 0.5) is 0 Å². The molecule has 4 fully saturated rings. The highest BCUT2D eigenvalue weighted by atomic mass is 16.7. The van der Waals surface area contributed by atoms with Crippen molar-refractivity contribution >= 4 is 50.3 Å². The van der Waals surface area contributed by atoms with Gasteiger partial charge in [-0.1, -0.05) is 209 Å². The van der Waals surface area contributed by atoms with Crippen molar-refractivity contribution in [3.05, 3.63) is 225 Å². The zero-order valence-electron chi connectivity index (χ0n) is 68.0. The first kappa shape index (κ1) is 79.2. The molecule has 8 aromatic rings. The number of terminal acetylenes is 1. The van der Waals surface area contributed by atoms with E-state index >= 15 is 0 Å². The average molecular weight is 1480 g/mol. The molecule has 0 amide bonds. The molecule has 4 aliphatic heterocycles. The number of ether oxygens (including phenoxy) is 2. The first-order valence-corrected chi connectivity index (χ1v) is 39.3. The Morgan fingerprint density at radius 1 is 0.318 bits per heavy atom. The third-order valence-corrected chi connectivity index (χ3v) is 25.0. The minimum Gasteiger partial charge on any atom is -0.494 e. The maximum Gasteiger partial charge on any atom is 0.494 e. The molecule has 14 rings (SSSR count). The summed E-state index contributed by atoms with van der Waals surface area (Å²) in [7, 11) is -2.03. The first-order chi connectivity index (χ1) is 52.2. The predicted octanol–water partition coefficient (Wildman–Crippen LogP) is 19.9. The molecule has 4 saturated heterocycles. The van der Waals surface area contributed by atoms with Crippen molar-refractivity contribution in [1.29, 1.82) is 0 Å². The molecule has 6 aliphatic rings. The topological polar surface area (TPSA) is 92.3 Å². The van der Waals surface area contributed by atoms with Gasteiger partial charge in [-0.05, 0) is 268 Å². The van der Waals surface area contributed by atoms with Crippen molar-refractivity contribution in [2.75, 3.05) is 6.61 Å². The normalized spacial score (nSPS) is 19.1. The van der Waals surface area contributed by atoms with Crippen LogP contribution in [0.2, 0.25) is 0 Å². The molecule has 14 heteroatoms. The van der Waals surface area contributed by atoms with Gasteiger partial charge in [0.05, 0.1) is 62.2 Å². The molecule has 0 bridgehead atoms. The van der Waals surface area contributed by atoms with Crippen molar-refractivity contribution in [3.63, 3.8) is 0 Å². The summed E-state index contributed by atoms with van der Waals surface area (Å²) in [5, 5.41) is 0. The zero-order valence-corrected chi connectivity index (χ0v) is 68.0. The Bertz CT molecular complexity index is 4840. The smallest absolute Gasteiger partial charge is 0.494 e. The van der Waals surface area contributed by atoms with Crippen LogP contribution in [0.15, 0.2) is 170 Å². The number of benzene rings is 8. The van der Waals surface area contributed by atoms with E-state index in [1.807, 2.05) is 12.1 Å². The summed E-state index contributed by atoms with van der Waals surface area (Å²) in [4.78, 5) is 0. The first-order valence-electron chi connectivity index (χ1n) is 39.3. The largest absolute Gasteiger partial charge is 0.494 e. The number of hydrogen-bond acceptors (Lipinski definition) is 10. The molecule has 0 radical (unpaired) electrons. The fourth-order valence-corrected chi connectivity index (χ4v) is 15.7. The number of rotatable bonds is 19. The maximum atomic E-state index is 6.66. The number of hydrogen-bond donors (Lipinski definition) is 0. The number of fused-ring (bicyclic) bond motifs is 6. The Balaban J connectivity index is 0.000000601. The van der Waals surface area contributed by atoms with Gasteiger partial charge in [0.25, 0.3) is 0 Å². The Labute approximate surface area is 672 Å². The van der Waals surface area contributed by atoms with Crippen molar-refractivity contribution in [2.45, 2.75) is 239 Å². The SMILES string of the molecule is C#CC#CC#CC#CC#COc1ccc(C2(c3ccc(OCCCCCCCCCC)cc3)c3cc(B4OC(C)(C)C(C)(C)O4)ccc3-c3ccc(B4OC(C)(C)C(C)(C)O4)cc32)cc1.Cc1ccc(C2(c3ccc(C)cc3)c3cc(B4OC(C)(C)C(C)(C)O4)ccc3-c3ccc(B4OC(C)(C)C(C)(C)O4)cc32)cc1.[HH].[HH].[HH].[HH].[HH].[HH].[HH].[HH].[HH].[HH]. The quantitative estimate of drug-likeness (QED) is 0.0443. The van der Waals surface area contributed by atoms with Gasteiger partial charge in [-0.3, -0.25) is 0 Å². The molecular formula is C96H124B4O10. The van der Waals surface area contributed by atoms with Gasteiger partial charge < -0.3 is 46.7 Å². The van der Waals surface area contributed by atoms with Gasteiger partial charge in [-0.15, -0.1) is 6.42 Å². The highest BCUT2D eigenvalue weighted by Gasteiger charge is 2.58. The standard InChI is InChI=1S/C57H60B2O6.C39H44B2O4.10H2/c1-11-13-15-17-19-21-23-25-39-60-47-33-27-43(28-34-47)57(44-29-35-48(36-30-44)61-40-26-24-22-20-18-16-14-12-2)51-41-45(58-62-53(3,4)54(5,6)63-58)31-37-49(51)50-38-32-46(42-52(50)57)59-64-55(7,8)56(9,10)65-59;1-25-11-15-27(16-12-25)39(28-17-13-26(2)14-18-28)33-23-29(40-42-35(3,4)36(5,6)43-40)19-21-31(33)32-22-20-30(24-34(32)39)41-44-37(7,8)38(9,10)45-41;;;;;;;;;;/h1,27-38,41-42H,12,14,16,18,20,22,24,26,40H2,2-10H3;11-24H,1-10H3;10*1H. The summed E-state index contributed by atoms with van der Waals surface area (Å²) < 4.78 is 65.1. The van der Waals surface area contributed by atoms with E-state index < -0.39 is 84.1 Å². The summed E-state index contributed by atoms with van der Waals surface area (Å²) in [5.41, 5.74) is 15.1. The third-order valence-electron chi connectivity index (χ3n) is 25.0. The lowest BCUT2D eigenvalue weighted by Crippen LogP contribution is -2.41. The third kappa shape index (κ3) is 14.9. The second-order valence-corrected chi connectivity index (χ2v) is 34.4. The summed E-state index contributed by atoms with van der Waals surface area (Å²) in [5.74, 6) is 21.8. The maximum absolute atomic E-state index is 6.66. The van der Waals surface area contributed by atoms with Crippen LogP contribution >= 0.6 is 0 Å². The molecule has 2 aliphatic carbocycles. The summed E-state index contributed by atoms with van der Waals surface area (Å²) in [6.45, 7) is 40.8. The molecule has 0 unspecified atom stereocenters. The van der Waals surface area contributed by atoms with Crippen molar-refractivity contribution in [1.82, 2.24) is 0 Å². The minimum atomic E-state index is -0.809. The van der Waals surface area contributed by atoms with Gasteiger partial charge >= 0.3 is 28.5 Å². The Kier molecular flexibility index (Phi) is 22.1. The van der Waals surface area contributed by atoms with Crippen LogP contribution in [0.5, 0.6) is 11.5 Å². The van der Waals surface area contributed by atoms with Gasteiger partial charge in [0.1, 0.15) is 17.6 Å². The molecule has 0 N–H and O–H groups in total. The van der Waals surface area contributed by atoms with Crippen LogP contribution in [-0.2, 0) is 48.1 Å². The molecule has 580 valence electrons. The van der Waals surface area contributed by atoms with Gasteiger partial charge in [0, 0.05) is 37.9 Å². The van der Waals surface area contributed by atoms with Crippen molar-refractivity contribution in [3.8, 4) is 93.6 Å². The van der Waals surface area contributed by atoms with E-state index in [9.17, 15) is 0 Å². The minimum absolute atomic E-state index is 0.